The normalized spacial score (nSPS) is 12.0. The molecule has 0 aliphatic rings. The maximum Gasteiger partial charge on any atom is 0.352 e. The molecule has 0 radical (unpaired) electrons. The van der Waals surface area contributed by atoms with E-state index < -0.39 is 5.97 Å². The van der Waals surface area contributed by atoms with Crippen molar-refractivity contribution < 1.29 is 9.90 Å². The van der Waals surface area contributed by atoms with Crippen molar-refractivity contribution in [2.45, 2.75) is 71.3 Å². The highest BCUT2D eigenvalue weighted by atomic mass is 16.4. The van der Waals surface area contributed by atoms with Crippen LogP contribution in [-0.2, 0) is 6.54 Å². The van der Waals surface area contributed by atoms with E-state index in [2.05, 4.69) is 13.0 Å². The van der Waals surface area contributed by atoms with Gasteiger partial charge in [0.25, 0.3) is 0 Å². The number of carboxylic acid groups (broad SMARTS) is 1. The number of nitrogens with zero attached hydrogens (tertiary/aromatic N) is 2. The number of aromatic carboxylic acids is 1. The molecule has 1 heterocycles. The van der Waals surface area contributed by atoms with E-state index in [1.165, 1.54) is 38.5 Å². The predicted molar refractivity (Wildman–Crippen MR) is 87.7 cm³/mol. The Kier molecular flexibility index (Phi) is 9.06. The van der Waals surface area contributed by atoms with Crippen LogP contribution in [-0.4, -0.2) is 15.6 Å². The molecule has 0 spiro atoms. The lowest BCUT2D eigenvalue weighted by Crippen LogP contribution is -2.10. The number of hydrogen-bond acceptors (Lipinski definition) is 2. The molecule has 0 saturated heterocycles. The zero-order chi connectivity index (χ0) is 16.2. The highest BCUT2D eigenvalue weighted by Crippen LogP contribution is 2.16. The first-order chi connectivity index (χ1) is 10.7. The average Bonchev–Trinajstić information content (AvgIpc) is 2.98. The van der Waals surface area contributed by atoms with Gasteiger partial charge in [0.05, 0.1) is 6.07 Å². The summed E-state index contributed by atoms with van der Waals surface area (Å²) in [6.45, 7) is 2.82. The van der Waals surface area contributed by atoms with E-state index >= 15 is 0 Å². The Bertz CT molecular complexity index is 474. The van der Waals surface area contributed by atoms with Crippen molar-refractivity contribution in [1.82, 2.24) is 4.57 Å². The summed E-state index contributed by atoms with van der Waals surface area (Å²) < 4.78 is 1.72. The fourth-order valence-electron chi connectivity index (χ4n) is 2.72. The first-order valence-corrected chi connectivity index (χ1v) is 8.47. The van der Waals surface area contributed by atoms with Gasteiger partial charge in [0.15, 0.2) is 0 Å². The first-order valence-electron chi connectivity index (χ1n) is 8.47. The van der Waals surface area contributed by atoms with Crippen molar-refractivity contribution in [2.75, 3.05) is 0 Å². The zero-order valence-corrected chi connectivity index (χ0v) is 13.6. The summed E-state index contributed by atoms with van der Waals surface area (Å²) in [7, 11) is 0. The molecule has 22 heavy (non-hydrogen) atoms. The second-order valence-corrected chi connectivity index (χ2v) is 5.92. The Morgan fingerprint density at radius 3 is 2.55 bits per heavy atom. The Labute approximate surface area is 133 Å². The van der Waals surface area contributed by atoms with Crippen LogP contribution in [0, 0.1) is 17.2 Å². The molecule has 1 aromatic rings. The van der Waals surface area contributed by atoms with Gasteiger partial charge in [-0.05, 0) is 25.0 Å². The molecule has 1 N–H and O–H groups in total. The Balaban J connectivity index is 2.21. The second kappa shape index (κ2) is 10.9. The largest absolute Gasteiger partial charge is 0.477 e. The zero-order valence-electron chi connectivity index (χ0n) is 13.6. The molecule has 1 unspecified atom stereocenters. The van der Waals surface area contributed by atoms with Crippen molar-refractivity contribution >= 4 is 5.97 Å². The third-order valence-corrected chi connectivity index (χ3v) is 4.11. The van der Waals surface area contributed by atoms with Gasteiger partial charge in [-0.2, -0.15) is 5.26 Å². The lowest BCUT2D eigenvalue weighted by Gasteiger charge is -2.11. The number of carbonyl (C=O) groups is 1. The van der Waals surface area contributed by atoms with Crippen molar-refractivity contribution in [1.29, 1.82) is 5.26 Å². The summed E-state index contributed by atoms with van der Waals surface area (Å²) >= 11 is 0. The quantitative estimate of drug-likeness (QED) is 0.561. The fraction of sp³-hybridized carbons (Fsp3) is 0.667. The molecular weight excluding hydrogens is 276 g/mol. The molecule has 1 aromatic heterocycles. The molecule has 1 rings (SSSR count). The summed E-state index contributed by atoms with van der Waals surface area (Å²) in [5, 5.41) is 18.3. The molecular formula is C18H28N2O2. The minimum atomic E-state index is -0.911. The number of rotatable bonds is 12. The van der Waals surface area contributed by atoms with Crippen LogP contribution >= 0.6 is 0 Å². The van der Waals surface area contributed by atoms with Crippen LogP contribution in [0.4, 0.5) is 0 Å². The minimum Gasteiger partial charge on any atom is -0.477 e. The molecule has 4 nitrogen and oxygen atoms in total. The molecule has 0 amide bonds. The Morgan fingerprint density at radius 1 is 1.23 bits per heavy atom. The average molecular weight is 304 g/mol. The van der Waals surface area contributed by atoms with Crippen LogP contribution in [0.3, 0.4) is 0 Å². The first kappa shape index (κ1) is 18.3. The van der Waals surface area contributed by atoms with Crippen LogP contribution in [0.1, 0.15) is 75.2 Å². The molecule has 0 aliphatic heterocycles. The Hall–Kier alpha value is -1.76. The van der Waals surface area contributed by atoms with E-state index in [1.54, 1.807) is 22.9 Å². The number of hydrogen-bond donors (Lipinski definition) is 1. The van der Waals surface area contributed by atoms with Gasteiger partial charge in [-0.25, -0.2) is 4.79 Å². The minimum absolute atomic E-state index is 0.0275. The van der Waals surface area contributed by atoms with Crippen molar-refractivity contribution in [3.05, 3.63) is 24.0 Å². The maximum absolute atomic E-state index is 11.0. The van der Waals surface area contributed by atoms with Gasteiger partial charge in [-0.3, -0.25) is 0 Å². The lowest BCUT2D eigenvalue weighted by molar-refractivity contribution is 0.0684. The van der Waals surface area contributed by atoms with Gasteiger partial charge in [-0.1, -0.05) is 51.9 Å². The maximum atomic E-state index is 11.0. The van der Waals surface area contributed by atoms with Crippen LogP contribution < -0.4 is 0 Å². The second-order valence-electron chi connectivity index (χ2n) is 5.92. The summed E-state index contributed by atoms with van der Waals surface area (Å²) in [6.07, 6.45) is 12.2. The molecule has 0 aliphatic carbocycles. The lowest BCUT2D eigenvalue weighted by atomic mass is 9.98. The van der Waals surface area contributed by atoms with Crippen LogP contribution in [0.25, 0.3) is 0 Å². The topological polar surface area (TPSA) is 66.0 Å². The van der Waals surface area contributed by atoms with Gasteiger partial charge in [-0.15, -0.1) is 0 Å². The van der Waals surface area contributed by atoms with E-state index in [1.807, 2.05) is 0 Å². The molecule has 0 bridgehead atoms. The molecule has 0 saturated carbocycles. The van der Waals surface area contributed by atoms with Crippen LogP contribution in [0.5, 0.6) is 0 Å². The van der Waals surface area contributed by atoms with E-state index in [0.29, 0.717) is 12.2 Å². The number of nitriles is 1. The number of aromatic nitrogens is 1. The highest BCUT2D eigenvalue weighted by Gasteiger charge is 2.11. The third-order valence-electron chi connectivity index (χ3n) is 4.11. The van der Waals surface area contributed by atoms with E-state index in [0.717, 1.165) is 19.3 Å². The smallest absolute Gasteiger partial charge is 0.352 e. The van der Waals surface area contributed by atoms with E-state index in [4.69, 9.17) is 5.11 Å². The third kappa shape index (κ3) is 6.80. The van der Waals surface area contributed by atoms with Crippen LogP contribution in [0.15, 0.2) is 18.3 Å². The molecule has 4 heteroatoms. The standard InChI is InChI=1S/C18H28N2O2/c1-2-3-4-5-6-7-8-10-16(15-19)12-14-20-13-9-11-17(20)18(21)22/h9,11,13,16H,2-8,10,12,14H2,1H3,(H,21,22). The summed E-state index contributed by atoms with van der Waals surface area (Å²) in [5.41, 5.74) is 0.299. The van der Waals surface area contributed by atoms with Crippen molar-refractivity contribution in [3.63, 3.8) is 0 Å². The predicted octanol–water partition coefficient (Wildman–Crippen LogP) is 4.86. The van der Waals surface area contributed by atoms with Crippen molar-refractivity contribution in [2.24, 2.45) is 5.92 Å². The monoisotopic (exact) mass is 304 g/mol. The molecule has 1 atom stereocenters. The van der Waals surface area contributed by atoms with E-state index in [9.17, 15) is 10.1 Å². The Morgan fingerprint density at radius 2 is 1.91 bits per heavy atom. The number of carboxylic acids is 1. The van der Waals surface area contributed by atoms with Gasteiger partial charge in [0, 0.05) is 18.7 Å². The summed E-state index contributed by atoms with van der Waals surface area (Å²) in [4.78, 5) is 11.0. The molecule has 0 fully saturated rings. The molecule has 122 valence electrons. The van der Waals surface area contributed by atoms with E-state index in [-0.39, 0.29) is 5.92 Å². The van der Waals surface area contributed by atoms with Gasteiger partial charge in [0.1, 0.15) is 5.69 Å². The summed E-state index contributed by atoms with van der Waals surface area (Å²) in [5.74, 6) is -0.884. The van der Waals surface area contributed by atoms with Gasteiger partial charge in [0.2, 0.25) is 0 Å². The van der Waals surface area contributed by atoms with Gasteiger partial charge < -0.3 is 9.67 Å². The SMILES string of the molecule is CCCCCCCCCC(C#N)CCn1cccc1C(=O)O. The van der Waals surface area contributed by atoms with Crippen LogP contribution in [0.2, 0.25) is 0 Å². The number of aryl methyl sites for hydroxylation is 1. The highest BCUT2D eigenvalue weighted by molar-refractivity contribution is 5.85. The molecule has 0 aromatic carbocycles. The fourth-order valence-corrected chi connectivity index (χ4v) is 2.72. The van der Waals surface area contributed by atoms with Gasteiger partial charge >= 0.3 is 5.97 Å². The summed E-state index contributed by atoms with van der Waals surface area (Å²) in [6, 6.07) is 5.70. The van der Waals surface area contributed by atoms with Crippen molar-refractivity contribution in [3.8, 4) is 6.07 Å². The number of unbranched alkanes of at least 4 members (excludes halogenated alkanes) is 6.